The molecule has 27 heavy (non-hydrogen) atoms. The molecular formula is C22H29N5. The van der Waals surface area contributed by atoms with Gasteiger partial charge in [0.05, 0.1) is 11.0 Å². The van der Waals surface area contributed by atoms with Crippen molar-refractivity contribution in [3.63, 3.8) is 0 Å². The molecule has 0 radical (unpaired) electrons. The first-order valence-corrected chi connectivity index (χ1v) is 10.2. The van der Waals surface area contributed by atoms with E-state index in [2.05, 4.69) is 48.9 Å². The van der Waals surface area contributed by atoms with E-state index < -0.39 is 0 Å². The maximum atomic E-state index is 6.17. The summed E-state index contributed by atoms with van der Waals surface area (Å²) in [4.78, 5) is 9.65. The molecule has 2 aromatic rings. The van der Waals surface area contributed by atoms with Crippen LogP contribution in [0.5, 0.6) is 0 Å². The molecule has 1 aliphatic heterocycles. The summed E-state index contributed by atoms with van der Waals surface area (Å²) in [6.45, 7) is 7.24. The van der Waals surface area contributed by atoms with Crippen LogP contribution < -0.4 is 11.1 Å². The predicted molar refractivity (Wildman–Crippen MR) is 111 cm³/mol. The molecule has 5 nitrogen and oxygen atoms in total. The lowest BCUT2D eigenvalue weighted by Crippen LogP contribution is -2.38. The Morgan fingerprint density at radius 1 is 1.22 bits per heavy atom. The molecule has 5 rings (SSSR count). The van der Waals surface area contributed by atoms with Crippen LogP contribution in [0, 0.1) is 17.3 Å². The zero-order valence-corrected chi connectivity index (χ0v) is 16.5. The van der Waals surface area contributed by atoms with Crippen molar-refractivity contribution in [3.05, 3.63) is 35.4 Å². The Morgan fingerprint density at radius 2 is 2.04 bits per heavy atom. The molecule has 0 saturated carbocycles. The highest BCUT2D eigenvalue weighted by atomic mass is 15.4. The van der Waals surface area contributed by atoms with Gasteiger partial charge in [-0.25, -0.2) is 9.98 Å². The Hall–Kier alpha value is -2.30. The summed E-state index contributed by atoms with van der Waals surface area (Å²) < 4.78 is 2.27. The molecule has 142 valence electrons. The molecule has 0 fully saturated rings. The number of nitrogens with two attached hydrogens (primary N) is 1. The van der Waals surface area contributed by atoms with Gasteiger partial charge in [0.25, 0.3) is 0 Å². The second-order valence-electron chi connectivity index (χ2n) is 9.22. The molecule has 0 amide bonds. The Labute approximate surface area is 160 Å². The second-order valence-corrected chi connectivity index (χ2v) is 9.22. The van der Waals surface area contributed by atoms with E-state index in [1.807, 2.05) is 6.07 Å². The molecule has 3 aliphatic rings. The number of nitrogens with one attached hydrogen (secondary N) is 1. The van der Waals surface area contributed by atoms with E-state index in [1.54, 1.807) is 11.1 Å². The lowest BCUT2D eigenvalue weighted by molar-refractivity contribution is 0.199. The summed E-state index contributed by atoms with van der Waals surface area (Å²) in [6.07, 6.45) is 6.24. The lowest BCUT2D eigenvalue weighted by Gasteiger charge is -2.45. The van der Waals surface area contributed by atoms with E-state index in [0.29, 0.717) is 23.2 Å². The fourth-order valence-electron chi connectivity index (χ4n) is 5.58. The van der Waals surface area contributed by atoms with Crippen molar-refractivity contribution < 1.29 is 0 Å². The molecule has 0 unspecified atom stereocenters. The summed E-state index contributed by atoms with van der Waals surface area (Å²) in [6, 6.07) is 8.31. The van der Waals surface area contributed by atoms with E-state index in [0.717, 1.165) is 23.4 Å². The third-order valence-corrected chi connectivity index (χ3v) is 7.02. The Bertz CT molecular complexity index is 964. The first kappa shape index (κ1) is 16.8. The monoisotopic (exact) mass is 363 g/mol. The van der Waals surface area contributed by atoms with Gasteiger partial charge >= 0.3 is 0 Å². The number of imidazole rings is 1. The van der Waals surface area contributed by atoms with Gasteiger partial charge in [0.2, 0.25) is 5.95 Å². The second kappa shape index (κ2) is 5.85. The Kier molecular flexibility index (Phi) is 3.65. The average Bonchev–Trinajstić information content (AvgIpc) is 2.98. The van der Waals surface area contributed by atoms with Gasteiger partial charge in [-0.15, -0.1) is 0 Å². The molecule has 1 aromatic heterocycles. The van der Waals surface area contributed by atoms with Gasteiger partial charge < -0.3 is 5.73 Å². The van der Waals surface area contributed by atoms with Crippen LogP contribution in [-0.2, 0) is 0 Å². The highest BCUT2D eigenvalue weighted by molar-refractivity contribution is 5.94. The smallest absolute Gasteiger partial charge is 0.212 e. The fourth-order valence-corrected chi connectivity index (χ4v) is 5.58. The number of aromatic nitrogens is 2. The van der Waals surface area contributed by atoms with Crippen LogP contribution >= 0.6 is 0 Å². The Morgan fingerprint density at radius 3 is 2.89 bits per heavy atom. The van der Waals surface area contributed by atoms with Crippen molar-refractivity contribution in [2.24, 2.45) is 28.0 Å². The molecule has 3 N–H and O–H groups in total. The molecule has 5 heteroatoms. The van der Waals surface area contributed by atoms with Gasteiger partial charge in [0, 0.05) is 5.92 Å². The maximum Gasteiger partial charge on any atom is 0.212 e. The molecule has 0 spiro atoms. The number of aliphatic imine (C=N–C) groups is 1. The zero-order chi connectivity index (χ0) is 18.8. The number of nitrogens with zero attached hydrogens (tertiary/aromatic N) is 3. The van der Waals surface area contributed by atoms with Crippen LogP contribution in [0.3, 0.4) is 0 Å². The standard InChI is InChI=1S/C22H29N5/c1-13-11-14-7-6-10-22(2,3)16(14)12-15(13)19-25-20(23)26-21-24-17-8-4-5-9-18(17)27(19)21/h4-5,8-9,13,15,19H,6-7,10-12H2,1-3H3,(H3,23,24,25,26)/t13-,15+,19-/m1/s1. The van der Waals surface area contributed by atoms with E-state index >= 15 is 0 Å². The lowest BCUT2D eigenvalue weighted by atomic mass is 9.63. The van der Waals surface area contributed by atoms with Crippen molar-refractivity contribution in [2.75, 3.05) is 5.32 Å². The summed E-state index contributed by atoms with van der Waals surface area (Å²) in [5, 5.41) is 3.17. The van der Waals surface area contributed by atoms with Crippen molar-refractivity contribution in [1.82, 2.24) is 9.55 Å². The van der Waals surface area contributed by atoms with Crippen molar-refractivity contribution in [3.8, 4) is 0 Å². The van der Waals surface area contributed by atoms with E-state index in [-0.39, 0.29) is 6.17 Å². The van der Waals surface area contributed by atoms with Crippen LogP contribution in [0.4, 0.5) is 5.95 Å². The highest BCUT2D eigenvalue weighted by Crippen LogP contribution is 2.52. The van der Waals surface area contributed by atoms with Gasteiger partial charge in [0.1, 0.15) is 6.17 Å². The van der Waals surface area contributed by atoms with Crippen LogP contribution in [0.25, 0.3) is 11.0 Å². The zero-order valence-electron chi connectivity index (χ0n) is 16.5. The number of fused-ring (bicyclic) bond motifs is 3. The number of allylic oxidation sites excluding steroid dienone is 2. The minimum Gasteiger partial charge on any atom is -0.370 e. The van der Waals surface area contributed by atoms with Crippen molar-refractivity contribution in [1.29, 1.82) is 0 Å². The largest absolute Gasteiger partial charge is 0.370 e. The molecule has 1 aromatic carbocycles. The first-order chi connectivity index (χ1) is 12.9. The minimum absolute atomic E-state index is 0.00965. The number of benzene rings is 1. The van der Waals surface area contributed by atoms with E-state index in [1.165, 1.54) is 25.7 Å². The van der Waals surface area contributed by atoms with Crippen LogP contribution in [-0.4, -0.2) is 15.5 Å². The van der Waals surface area contributed by atoms with E-state index in [9.17, 15) is 0 Å². The number of hydrogen-bond acceptors (Lipinski definition) is 4. The van der Waals surface area contributed by atoms with Crippen LogP contribution in [0.1, 0.15) is 59.0 Å². The van der Waals surface area contributed by atoms with Gasteiger partial charge in [0.15, 0.2) is 5.96 Å². The van der Waals surface area contributed by atoms with Crippen molar-refractivity contribution in [2.45, 2.75) is 59.0 Å². The van der Waals surface area contributed by atoms with Gasteiger partial charge in [-0.1, -0.05) is 44.1 Å². The SMILES string of the molecule is C[C@@H]1CC2=C(C[C@@H]1[C@@H]1N=C(N)Nc3nc4ccccc4n31)C(C)(C)CCC2. The first-order valence-electron chi connectivity index (χ1n) is 10.2. The number of anilines is 1. The summed E-state index contributed by atoms with van der Waals surface area (Å²) >= 11 is 0. The molecule has 0 bridgehead atoms. The molecular weight excluding hydrogens is 334 g/mol. The summed E-state index contributed by atoms with van der Waals surface area (Å²) in [7, 11) is 0. The average molecular weight is 364 g/mol. The van der Waals surface area contributed by atoms with Gasteiger partial charge in [-0.3, -0.25) is 9.88 Å². The molecule has 2 heterocycles. The van der Waals surface area contributed by atoms with Gasteiger partial charge in [-0.2, -0.15) is 0 Å². The normalized spacial score (nSPS) is 29.7. The third kappa shape index (κ3) is 2.59. The third-order valence-electron chi connectivity index (χ3n) is 7.02. The van der Waals surface area contributed by atoms with Gasteiger partial charge in [-0.05, 0) is 55.6 Å². The molecule has 3 atom stereocenters. The number of rotatable bonds is 1. The summed E-state index contributed by atoms with van der Waals surface area (Å²) in [5.74, 6) is 2.34. The predicted octanol–water partition coefficient (Wildman–Crippen LogP) is 4.83. The molecule has 2 aliphatic carbocycles. The summed E-state index contributed by atoms with van der Waals surface area (Å²) in [5.41, 5.74) is 12.0. The van der Waals surface area contributed by atoms with Crippen LogP contribution in [0.2, 0.25) is 0 Å². The topological polar surface area (TPSA) is 68.2 Å². The highest BCUT2D eigenvalue weighted by Gasteiger charge is 2.41. The van der Waals surface area contributed by atoms with E-state index in [4.69, 9.17) is 15.7 Å². The minimum atomic E-state index is 0.00965. The molecule has 0 saturated heterocycles. The van der Waals surface area contributed by atoms with Crippen molar-refractivity contribution >= 4 is 22.9 Å². The van der Waals surface area contributed by atoms with Crippen LogP contribution in [0.15, 0.2) is 40.4 Å². The number of hydrogen-bond donors (Lipinski definition) is 2. The number of guanidine groups is 1. The quantitative estimate of drug-likeness (QED) is 0.713. The number of para-hydroxylation sites is 2. The maximum absolute atomic E-state index is 6.17. The fraction of sp³-hybridized carbons (Fsp3) is 0.545. The Balaban J connectivity index is 1.60.